The van der Waals surface area contributed by atoms with E-state index in [2.05, 4.69) is 9.97 Å². The Labute approximate surface area is 155 Å². The van der Waals surface area contributed by atoms with Gasteiger partial charge in [-0.15, -0.1) is 0 Å². The number of furan rings is 1. The second-order valence-electron chi connectivity index (χ2n) is 6.16. The Morgan fingerprint density at radius 2 is 1.73 bits per heavy atom. The number of rotatable bonds is 2. The van der Waals surface area contributed by atoms with Crippen molar-refractivity contribution in [1.29, 1.82) is 0 Å². The van der Waals surface area contributed by atoms with Gasteiger partial charge >= 0.3 is 0 Å². The number of nitrogens with zero attached hydrogens (tertiary/aromatic N) is 2. The molecule has 5 aromatic rings. The number of aromatic nitrogens is 2. The third-order valence-corrected chi connectivity index (χ3v) is 4.46. The summed E-state index contributed by atoms with van der Waals surface area (Å²) in [4.78, 5) is 9.03. The molecular formula is C23H16N2O. The maximum Gasteiger partial charge on any atom is 0.227 e. The van der Waals surface area contributed by atoms with Gasteiger partial charge in [-0.25, -0.2) is 4.98 Å². The second kappa shape index (κ2) is 5.81. The van der Waals surface area contributed by atoms with E-state index in [1.807, 2.05) is 60.7 Å². The molecule has 0 unspecified atom stereocenters. The van der Waals surface area contributed by atoms with Crippen molar-refractivity contribution in [1.82, 2.24) is 9.97 Å². The number of hydrogen-bond donors (Lipinski definition) is 0. The van der Waals surface area contributed by atoms with Gasteiger partial charge in [-0.2, -0.15) is 0 Å². The number of benzene rings is 2. The molecule has 5 rings (SSSR count). The third kappa shape index (κ3) is 2.45. The van der Waals surface area contributed by atoms with Gasteiger partial charge in [0, 0.05) is 32.2 Å². The Morgan fingerprint density at radius 1 is 0.808 bits per heavy atom. The lowest BCUT2D eigenvalue weighted by molar-refractivity contribution is 0.654. The summed E-state index contributed by atoms with van der Waals surface area (Å²) in [5, 5.41) is 1.83. The highest BCUT2D eigenvalue weighted by Crippen LogP contribution is 2.32. The third-order valence-electron chi connectivity index (χ3n) is 4.46. The SMILES string of the molecule is [2H]C([2H])([2H])c1ccnc(-c2ccc3oc4nc(-c5ccccc5)ccc4c3c2)c1. The van der Waals surface area contributed by atoms with E-state index in [1.54, 1.807) is 6.07 Å². The molecule has 3 nitrogen and oxygen atoms in total. The van der Waals surface area contributed by atoms with E-state index >= 15 is 0 Å². The zero-order valence-electron chi connectivity index (χ0n) is 16.8. The van der Waals surface area contributed by atoms with Crippen LogP contribution >= 0.6 is 0 Å². The molecule has 0 aliphatic carbocycles. The first-order valence-electron chi connectivity index (χ1n) is 9.85. The van der Waals surface area contributed by atoms with Gasteiger partial charge in [0.05, 0.1) is 11.4 Å². The van der Waals surface area contributed by atoms with E-state index in [0.29, 0.717) is 11.4 Å². The van der Waals surface area contributed by atoms with Crippen molar-refractivity contribution in [3.05, 3.63) is 84.6 Å². The second-order valence-corrected chi connectivity index (χ2v) is 6.16. The zero-order chi connectivity index (χ0) is 20.0. The average molecular weight is 339 g/mol. The average Bonchev–Trinajstić information content (AvgIpc) is 3.11. The number of aryl methyl sites for hydroxylation is 1. The van der Waals surface area contributed by atoms with Crippen LogP contribution in [0.4, 0.5) is 0 Å². The van der Waals surface area contributed by atoms with Gasteiger partial charge in [-0.1, -0.05) is 30.3 Å². The van der Waals surface area contributed by atoms with Crippen LogP contribution in [0.15, 0.2) is 83.4 Å². The Morgan fingerprint density at radius 3 is 2.62 bits per heavy atom. The molecule has 0 saturated heterocycles. The molecule has 2 aromatic carbocycles. The lowest BCUT2D eigenvalue weighted by Gasteiger charge is -2.02. The van der Waals surface area contributed by atoms with Gasteiger partial charge in [0.25, 0.3) is 0 Å². The predicted octanol–water partition coefficient (Wildman–Crippen LogP) is 6.02. The molecule has 0 amide bonds. The van der Waals surface area contributed by atoms with E-state index in [-0.39, 0.29) is 5.56 Å². The van der Waals surface area contributed by atoms with Crippen molar-refractivity contribution >= 4 is 22.1 Å². The smallest absolute Gasteiger partial charge is 0.227 e. The lowest BCUT2D eigenvalue weighted by Crippen LogP contribution is -1.84. The van der Waals surface area contributed by atoms with E-state index in [4.69, 9.17) is 8.53 Å². The fourth-order valence-corrected chi connectivity index (χ4v) is 3.17. The summed E-state index contributed by atoms with van der Waals surface area (Å²) in [5.41, 5.74) is 4.90. The maximum atomic E-state index is 7.62. The molecule has 3 heterocycles. The minimum Gasteiger partial charge on any atom is -0.438 e. The summed E-state index contributed by atoms with van der Waals surface area (Å²) in [6.45, 7) is -2.16. The first kappa shape index (κ1) is 12.0. The van der Waals surface area contributed by atoms with Crippen LogP contribution in [0.5, 0.6) is 0 Å². The van der Waals surface area contributed by atoms with Crippen LogP contribution in [0.3, 0.4) is 0 Å². The number of fused-ring (bicyclic) bond motifs is 3. The normalized spacial score (nSPS) is 13.5. The largest absolute Gasteiger partial charge is 0.438 e. The minimum absolute atomic E-state index is 0.272. The summed E-state index contributed by atoms with van der Waals surface area (Å²) in [6.07, 6.45) is 1.53. The molecule has 0 atom stereocenters. The molecule has 0 fully saturated rings. The van der Waals surface area contributed by atoms with Crippen molar-refractivity contribution < 1.29 is 8.53 Å². The van der Waals surface area contributed by atoms with Crippen LogP contribution in [-0.4, -0.2) is 9.97 Å². The summed E-state index contributed by atoms with van der Waals surface area (Å²) in [6, 6.07) is 22.8. The van der Waals surface area contributed by atoms with E-state index < -0.39 is 6.85 Å². The van der Waals surface area contributed by atoms with Gasteiger partial charge in [0.2, 0.25) is 5.71 Å². The Kier molecular flexibility index (Phi) is 2.68. The van der Waals surface area contributed by atoms with E-state index in [9.17, 15) is 0 Å². The van der Waals surface area contributed by atoms with Gasteiger partial charge < -0.3 is 4.42 Å². The van der Waals surface area contributed by atoms with Gasteiger partial charge in [0.1, 0.15) is 5.58 Å². The zero-order valence-corrected chi connectivity index (χ0v) is 13.8. The van der Waals surface area contributed by atoms with Crippen molar-refractivity contribution in [2.24, 2.45) is 0 Å². The molecule has 0 spiro atoms. The number of hydrogen-bond acceptors (Lipinski definition) is 3. The fraction of sp³-hybridized carbons (Fsp3) is 0.0435. The number of pyridine rings is 2. The molecule has 26 heavy (non-hydrogen) atoms. The highest BCUT2D eigenvalue weighted by molar-refractivity contribution is 6.05. The highest BCUT2D eigenvalue weighted by Gasteiger charge is 2.11. The minimum atomic E-state index is -2.16. The van der Waals surface area contributed by atoms with Gasteiger partial charge in [-0.3, -0.25) is 4.98 Å². The molecule has 124 valence electrons. The maximum absolute atomic E-state index is 7.62. The van der Waals surface area contributed by atoms with Gasteiger partial charge in [-0.05, 0) is 54.9 Å². The molecule has 3 heteroatoms. The molecule has 0 saturated carbocycles. The van der Waals surface area contributed by atoms with Gasteiger partial charge in [0.15, 0.2) is 0 Å². The van der Waals surface area contributed by atoms with Crippen molar-refractivity contribution in [2.75, 3.05) is 0 Å². The first-order chi connectivity index (χ1) is 14.0. The summed E-state index contributed by atoms with van der Waals surface area (Å²) in [5.74, 6) is 0. The van der Waals surface area contributed by atoms with Crippen molar-refractivity contribution in [3.8, 4) is 22.5 Å². The summed E-state index contributed by atoms with van der Waals surface area (Å²) < 4.78 is 28.8. The standard InChI is InChI=1S/C23H16N2O/c1-15-11-12-24-21(13-15)17-7-10-22-19(14-17)18-8-9-20(25-23(18)26-22)16-5-3-2-4-6-16/h2-14H,1H3/i1D3. The predicted molar refractivity (Wildman–Crippen MR) is 105 cm³/mol. The summed E-state index contributed by atoms with van der Waals surface area (Å²) in [7, 11) is 0. The Hall–Kier alpha value is -3.46. The van der Waals surface area contributed by atoms with Crippen LogP contribution in [0, 0.1) is 6.85 Å². The molecule has 3 aromatic heterocycles. The lowest BCUT2D eigenvalue weighted by atomic mass is 10.1. The van der Waals surface area contributed by atoms with Crippen LogP contribution in [0.25, 0.3) is 44.6 Å². The first-order valence-corrected chi connectivity index (χ1v) is 8.35. The van der Waals surface area contributed by atoms with Crippen LogP contribution in [0.2, 0.25) is 0 Å². The quantitative estimate of drug-likeness (QED) is 0.395. The van der Waals surface area contributed by atoms with Crippen LogP contribution in [0.1, 0.15) is 9.68 Å². The monoisotopic (exact) mass is 339 g/mol. The molecular weight excluding hydrogens is 320 g/mol. The van der Waals surface area contributed by atoms with Crippen LogP contribution < -0.4 is 0 Å². The molecule has 0 aliphatic heterocycles. The molecule has 0 N–H and O–H groups in total. The van der Waals surface area contributed by atoms with Crippen molar-refractivity contribution in [3.63, 3.8) is 0 Å². The van der Waals surface area contributed by atoms with Crippen LogP contribution in [-0.2, 0) is 0 Å². The van der Waals surface area contributed by atoms with Crippen molar-refractivity contribution in [2.45, 2.75) is 6.85 Å². The fourth-order valence-electron chi connectivity index (χ4n) is 3.17. The molecule has 0 bridgehead atoms. The Balaban J connectivity index is 1.63. The van der Waals surface area contributed by atoms with E-state index in [0.717, 1.165) is 33.2 Å². The highest BCUT2D eigenvalue weighted by atomic mass is 16.3. The molecule has 0 radical (unpaired) electrons. The topological polar surface area (TPSA) is 38.9 Å². The molecule has 0 aliphatic rings. The summed E-state index contributed by atoms with van der Waals surface area (Å²) >= 11 is 0. The van der Waals surface area contributed by atoms with E-state index in [1.165, 1.54) is 12.3 Å². The Bertz CT molecular complexity index is 1340.